The number of carboxylic acid groups (broad SMARTS) is 1. The van der Waals surface area contributed by atoms with E-state index in [1.54, 1.807) is 0 Å². The van der Waals surface area contributed by atoms with Gasteiger partial charge in [0.1, 0.15) is 10.4 Å². The minimum absolute atomic E-state index is 0.403. The number of carbonyl (C=O) groups is 1. The van der Waals surface area contributed by atoms with Crippen LogP contribution in [0.4, 0.5) is 0 Å². The first-order valence-electron chi connectivity index (χ1n) is 4.48. The maximum atomic E-state index is 11.2. The SMILES string of the molecule is O=C(O)c1c2ccccc2n2ccsc12. The first-order chi connectivity index (χ1) is 7.29. The zero-order chi connectivity index (χ0) is 10.4. The van der Waals surface area contributed by atoms with E-state index in [2.05, 4.69) is 0 Å². The summed E-state index contributed by atoms with van der Waals surface area (Å²) in [7, 11) is 0. The molecule has 3 aromatic rings. The van der Waals surface area contributed by atoms with E-state index in [4.69, 9.17) is 0 Å². The number of para-hydroxylation sites is 1. The molecule has 0 aliphatic rings. The number of carboxylic acids is 1. The van der Waals surface area contributed by atoms with Crippen molar-refractivity contribution in [3.8, 4) is 0 Å². The molecule has 0 atom stereocenters. The molecule has 0 unspecified atom stereocenters. The second-order valence-corrected chi connectivity index (χ2v) is 4.17. The van der Waals surface area contributed by atoms with Gasteiger partial charge in [0.2, 0.25) is 0 Å². The number of aromatic nitrogens is 1. The van der Waals surface area contributed by atoms with Gasteiger partial charge in [0.05, 0.1) is 5.52 Å². The molecule has 2 heterocycles. The lowest BCUT2D eigenvalue weighted by atomic mass is 10.2. The topological polar surface area (TPSA) is 41.7 Å². The second kappa shape index (κ2) is 2.84. The maximum absolute atomic E-state index is 11.2. The Kier molecular flexibility index (Phi) is 1.61. The number of nitrogens with zero attached hydrogens (tertiary/aromatic N) is 1. The Morgan fingerprint density at radius 1 is 1.33 bits per heavy atom. The summed E-state index contributed by atoms with van der Waals surface area (Å²) in [5.41, 5.74) is 1.35. The molecule has 3 nitrogen and oxygen atoms in total. The molecule has 0 amide bonds. The van der Waals surface area contributed by atoms with Crippen molar-refractivity contribution in [3.05, 3.63) is 41.4 Å². The van der Waals surface area contributed by atoms with Gasteiger partial charge in [-0.3, -0.25) is 0 Å². The van der Waals surface area contributed by atoms with Gasteiger partial charge in [-0.05, 0) is 6.07 Å². The molecule has 74 valence electrons. The highest BCUT2D eigenvalue weighted by molar-refractivity contribution is 7.16. The number of benzene rings is 1. The van der Waals surface area contributed by atoms with Gasteiger partial charge in [-0.2, -0.15) is 0 Å². The van der Waals surface area contributed by atoms with Crippen LogP contribution in [0.15, 0.2) is 35.8 Å². The van der Waals surface area contributed by atoms with Gasteiger partial charge in [-0.1, -0.05) is 18.2 Å². The Morgan fingerprint density at radius 3 is 2.93 bits per heavy atom. The summed E-state index contributed by atoms with van der Waals surface area (Å²) >= 11 is 1.45. The third-order valence-corrected chi connectivity index (χ3v) is 3.35. The first-order valence-corrected chi connectivity index (χ1v) is 5.36. The minimum atomic E-state index is -0.865. The Bertz CT molecular complexity index is 665. The number of rotatable bonds is 1. The molecule has 15 heavy (non-hydrogen) atoms. The molecule has 0 aliphatic carbocycles. The van der Waals surface area contributed by atoms with Crippen LogP contribution in [0.5, 0.6) is 0 Å². The van der Waals surface area contributed by atoms with Crippen LogP contribution in [0.25, 0.3) is 15.7 Å². The zero-order valence-electron chi connectivity index (χ0n) is 7.68. The van der Waals surface area contributed by atoms with E-state index in [0.29, 0.717) is 5.56 Å². The highest BCUT2D eigenvalue weighted by atomic mass is 32.1. The first kappa shape index (κ1) is 8.49. The van der Waals surface area contributed by atoms with E-state index >= 15 is 0 Å². The molecule has 0 fully saturated rings. The fraction of sp³-hybridized carbons (Fsp3) is 0. The molecule has 0 bridgehead atoms. The summed E-state index contributed by atoms with van der Waals surface area (Å²) in [6.07, 6.45) is 1.90. The number of thiazole rings is 1. The van der Waals surface area contributed by atoms with Crippen molar-refractivity contribution in [1.29, 1.82) is 0 Å². The van der Waals surface area contributed by atoms with E-state index in [9.17, 15) is 9.90 Å². The van der Waals surface area contributed by atoms with E-state index < -0.39 is 5.97 Å². The molecule has 0 saturated heterocycles. The van der Waals surface area contributed by atoms with E-state index in [-0.39, 0.29) is 0 Å². The van der Waals surface area contributed by atoms with Crippen LogP contribution in [0, 0.1) is 0 Å². The van der Waals surface area contributed by atoms with Gasteiger partial charge >= 0.3 is 5.97 Å². The molecule has 0 aliphatic heterocycles. The average Bonchev–Trinajstić information content (AvgIpc) is 2.75. The lowest BCUT2D eigenvalue weighted by Gasteiger charge is -1.90. The van der Waals surface area contributed by atoms with Crippen LogP contribution in [0.3, 0.4) is 0 Å². The summed E-state index contributed by atoms with van der Waals surface area (Å²) in [4.78, 5) is 12.0. The maximum Gasteiger partial charge on any atom is 0.339 e. The monoisotopic (exact) mass is 217 g/mol. The lowest BCUT2D eigenvalue weighted by Crippen LogP contribution is -1.94. The summed E-state index contributed by atoms with van der Waals surface area (Å²) in [6.45, 7) is 0. The van der Waals surface area contributed by atoms with Gasteiger partial charge in [0.25, 0.3) is 0 Å². The largest absolute Gasteiger partial charge is 0.478 e. The van der Waals surface area contributed by atoms with E-state index in [1.165, 1.54) is 11.3 Å². The molecule has 1 N–H and O–H groups in total. The van der Waals surface area contributed by atoms with Crippen molar-refractivity contribution in [2.24, 2.45) is 0 Å². The van der Waals surface area contributed by atoms with Gasteiger partial charge < -0.3 is 9.51 Å². The third-order valence-electron chi connectivity index (χ3n) is 2.47. The predicted molar refractivity (Wildman–Crippen MR) is 59.7 cm³/mol. The van der Waals surface area contributed by atoms with Crippen LogP contribution in [0.1, 0.15) is 10.4 Å². The van der Waals surface area contributed by atoms with Crippen molar-refractivity contribution >= 4 is 33.0 Å². The standard InChI is InChI=1S/C11H7NO2S/c13-11(14)9-7-3-1-2-4-8(7)12-5-6-15-10(9)12/h1-6H,(H,13,14). The Hall–Kier alpha value is -1.81. The van der Waals surface area contributed by atoms with Crippen LogP contribution >= 0.6 is 11.3 Å². The molecular formula is C11H7NO2S. The second-order valence-electron chi connectivity index (χ2n) is 3.28. The quantitative estimate of drug-likeness (QED) is 0.681. The highest BCUT2D eigenvalue weighted by Crippen LogP contribution is 2.29. The van der Waals surface area contributed by atoms with E-state index in [1.807, 2.05) is 40.2 Å². The van der Waals surface area contributed by atoms with Crippen LogP contribution in [-0.4, -0.2) is 15.5 Å². The van der Waals surface area contributed by atoms with Crippen LogP contribution in [0.2, 0.25) is 0 Å². The van der Waals surface area contributed by atoms with Crippen molar-refractivity contribution in [3.63, 3.8) is 0 Å². The Labute approximate surface area is 89.2 Å². The number of fused-ring (bicyclic) bond motifs is 3. The number of hydrogen-bond acceptors (Lipinski definition) is 2. The Morgan fingerprint density at radius 2 is 2.13 bits per heavy atom. The number of aromatic carboxylic acids is 1. The van der Waals surface area contributed by atoms with Crippen molar-refractivity contribution in [2.75, 3.05) is 0 Å². The molecular weight excluding hydrogens is 210 g/mol. The van der Waals surface area contributed by atoms with Crippen molar-refractivity contribution < 1.29 is 9.90 Å². The zero-order valence-corrected chi connectivity index (χ0v) is 8.49. The van der Waals surface area contributed by atoms with Crippen molar-refractivity contribution in [1.82, 2.24) is 4.40 Å². The molecule has 0 spiro atoms. The molecule has 2 aromatic heterocycles. The van der Waals surface area contributed by atoms with E-state index in [0.717, 1.165) is 15.7 Å². The van der Waals surface area contributed by atoms with Crippen molar-refractivity contribution in [2.45, 2.75) is 0 Å². The highest BCUT2D eigenvalue weighted by Gasteiger charge is 2.17. The molecule has 4 heteroatoms. The summed E-state index contributed by atoms with van der Waals surface area (Å²) in [5.74, 6) is -0.865. The average molecular weight is 217 g/mol. The molecule has 3 rings (SSSR count). The predicted octanol–water partition coefficient (Wildman–Crippen LogP) is 2.85. The van der Waals surface area contributed by atoms with Gasteiger partial charge in [-0.25, -0.2) is 4.79 Å². The summed E-state index contributed by atoms with van der Waals surface area (Å²) < 4.78 is 1.92. The van der Waals surface area contributed by atoms with Gasteiger partial charge in [0, 0.05) is 17.0 Å². The molecule has 0 radical (unpaired) electrons. The normalized spacial score (nSPS) is 11.2. The van der Waals surface area contributed by atoms with Crippen LogP contribution < -0.4 is 0 Å². The lowest BCUT2D eigenvalue weighted by molar-refractivity contribution is 0.0701. The smallest absolute Gasteiger partial charge is 0.339 e. The number of hydrogen-bond donors (Lipinski definition) is 1. The molecule has 0 saturated carbocycles. The fourth-order valence-corrected chi connectivity index (χ4v) is 2.77. The minimum Gasteiger partial charge on any atom is -0.478 e. The Balaban J connectivity index is 2.64. The fourth-order valence-electron chi connectivity index (χ4n) is 1.87. The summed E-state index contributed by atoms with van der Waals surface area (Å²) in [6, 6.07) is 7.55. The van der Waals surface area contributed by atoms with Crippen LogP contribution in [-0.2, 0) is 0 Å². The summed E-state index contributed by atoms with van der Waals surface area (Å²) in [5, 5.41) is 11.9. The van der Waals surface area contributed by atoms with Gasteiger partial charge in [-0.15, -0.1) is 11.3 Å². The molecule has 1 aromatic carbocycles. The van der Waals surface area contributed by atoms with Gasteiger partial charge in [0.15, 0.2) is 0 Å². The third kappa shape index (κ3) is 1.02.